The molecule has 1 aliphatic rings. The first-order valence-electron chi connectivity index (χ1n) is 10.6. The predicted octanol–water partition coefficient (Wildman–Crippen LogP) is 3.57. The molecule has 0 spiro atoms. The lowest BCUT2D eigenvalue weighted by atomic mass is 10.1. The number of alkyl halides is 3. The third-order valence-electron chi connectivity index (χ3n) is 5.19. The second kappa shape index (κ2) is 11.4. The molecule has 1 saturated heterocycles. The van der Waals surface area contributed by atoms with Crippen LogP contribution in [0.1, 0.15) is 17.5 Å². The fraction of sp³-hybridized carbons (Fsp3) is 0.375. The van der Waals surface area contributed by atoms with Gasteiger partial charge in [0.25, 0.3) is 0 Å². The quantitative estimate of drug-likeness (QED) is 0.529. The van der Waals surface area contributed by atoms with Crippen LogP contribution in [-0.2, 0) is 6.18 Å². The van der Waals surface area contributed by atoms with Gasteiger partial charge in [-0.2, -0.15) is 13.2 Å². The van der Waals surface area contributed by atoms with E-state index in [1.54, 1.807) is 0 Å². The molecule has 0 radical (unpaired) electrons. The summed E-state index contributed by atoms with van der Waals surface area (Å²) in [6.07, 6.45) is -3.56. The number of para-hydroxylation sites is 1. The summed E-state index contributed by atoms with van der Waals surface area (Å²) in [4.78, 5) is 16.6. The molecule has 1 fully saturated rings. The number of hydrogen-bond donors (Lipinski definition) is 2. The van der Waals surface area contributed by atoms with E-state index in [0.717, 1.165) is 51.3 Å². The second-order valence-corrected chi connectivity index (χ2v) is 7.51. The number of carbonyl (C=O) groups excluding carboxylic acids is 1. The van der Waals surface area contributed by atoms with Gasteiger partial charge in [0.15, 0.2) is 0 Å². The number of benzene rings is 2. The Morgan fingerprint density at radius 3 is 2.44 bits per heavy atom. The van der Waals surface area contributed by atoms with Crippen molar-refractivity contribution in [3.8, 4) is 11.8 Å². The minimum absolute atomic E-state index is 0.0591. The van der Waals surface area contributed by atoms with Crippen molar-refractivity contribution in [3.05, 3.63) is 65.7 Å². The van der Waals surface area contributed by atoms with E-state index < -0.39 is 11.7 Å². The van der Waals surface area contributed by atoms with Gasteiger partial charge in [0.05, 0.1) is 12.1 Å². The minimum Gasteiger partial charge on any atom is -0.369 e. The smallest absolute Gasteiger partial charge is 0.369 e. The number of urea groups is 1. The summed E-state index contributed by atoms with van der Waals surface area (Å²) in [5, 5.41) is 5.37. The zero-order valence-corrected chi connectivity index (χ0v) is 17.8. The van der Waals surface area contributed by atoms with Crippen molar-refractivity contribution >= 4 is 11.7 Å². The van der Waals surface area contributed by atoms with Crippen LogP contribution >= 0.6 is 0 Å². The molecule has 0 unspecified atom stereocenters. The Morgan fingerprint density at radius 2 is 1.72 bits per heavy atom. The standard InChI is InChI=1S/C24H27F3N4O/c25-24(26,27)21-9-4-7-20(19-21)8-5-12-28-23(32)29-13-6-14-30-15-17-31(18-16-30)22-10-2-1-3-11-22/h1-4,7,9-11,19H,6,12-18H2,(H2,28,29,32). The van der Waals surface area contributed by atoms with Crippen molar-refractivity contribution in [2.75, 3.05) is 50.7 Å². The van der Waals surface area contributed by atoms with Gasteiger partial charge in [-0.25, -0.2) is 4.79 Å². The number of hydrogen-bond acceptors (Lipinski definition) is 3. The maximum atomic E-state index is 12.7. The number of piperazine rings is 1. The normalized spacial score (nSPS) is 14.4. The number of nitrogens with zero attached hydrogens (tertiary/aromatic N) is 2. The van der Waals surface area contributed by atoms with Crippen molar-refractivity contribution < 1.29 is 18.0 Å². The lowest BCUT2D eigenvalue weighted by Gasteiger charge is -2.36. The minimum atomic E-state index is -4.40. The molecule has 1 heterocycles. The SMILES string of the molecule is O=C(NCC#Cc1cccc(C(F)(F)F)c1)NCCCN1CCN(c2ccccc2)CC1. The summed E-state index contributed by atoms with van der Waals surface area (Å²) in [6, 6.07) is 14.8. The fourth-order valence-corrected chi connectivity index (χ4v) is 3.48. The van der Waals surface area contributed by atoms with E-state index in [0.29, 0.717) is 6.54 Å². The molecular formula is C24H27F3N4O. The van der Waals surface area contributed by atoms with Gasteiger partial charge in [-0.1, -0.05) is 36.1 Å². The predicted molar refractivity (Wildman–Crippen MR) is 119 cm³/mol. The van der Waals surface area contributed by atoms with E-state index in [2.05, 4.69) is 56.5 Å². The highest BCUT2D eigenvalue weighted by molar-refractivity contribution is 5.74. The number of amides is 2. The average molecular weight is 445 g/mol. The number of anilines is 1. The monoisotopic (exact) mass is 444 g/mol. The molecule has 3 rings (SSSR count). The van der Waals surface area contributed by atoms with E-state index in [1.165, 1.54) is 17.8 Å². The molecule has 0 aromatic heterocycles. The molecule has 0 aliphatic carbocycles. The van der Waals surface area contributed by atoms with E-state index in [-0.39, 0.29) is 18.1 Å². The molecule has 2 aromatic rings. The highest BCUT2D eigenvalue weighted by atomic mass is 19.4. The van der Waals surface area contributed by atoms with Crippen LogP contribution < -0.4 is 15.5 Å². The van der Waals surface area contributed by atoms with Crippen LogP contribution in [0, 0.1) is 11.8 Å². The number of rotatable bonds is 6. The summed E-state index contributed by atoms with van der Waals surface area (Å²) >= 11 is 0. The lowest BCUT2D eigenvalue weighted by molar-refractivity contribution is -0.137. The van der Waals surface area contributed by atoms with Gasteiger partial charge in [-0.15, -0.1) is 0 Å². The van der Waals surface area contributed by atoms with E-state index in [1.807, 2.05) is 6.07 Å². The molecule has 2 amide bonds. The zero-order chi connectivity index (χ0) is 22.8. The molecule has 0 bridgehead atoms. The second-order valence-electron chi connectivity index (χ2n) is 7.51. The molecule has 0 saturated carbocycles. The Bertz CT molecular complexity index is 929. The largest absolute Gasteiger partial charge is 0.416 e. The third-order valence-corrected chi connectivity index (χ3v) is 5.19. The number of carbonyl (C=O) groups is 1. The van der Waals surface area contributed by atoms with E-state index >= 15 is 0 Å². The van der Waals surface area contributed by atoms with Crippen LogP contribution in [0.25, 0.3) is 0 Å². The van der Waals surface area contributed by atoms with Crippen LogP contribution in [0.5, 0.6) is 0 Å². The van der Waals surface area contributed by atoms with Gasteiger partial charge in [0.1, 0.15) is 0 Å². The fourth-order valence-electron chi connectivity index (χ4n) is 3.48. The van der Waals surface area contributed by atoms with Gasteiger partial charge in [-0.3, -0.25) is 4.90 Å². The Kier molecular flexibility index (Phi) is 8.40. The van der Waals surface area contributed by atoms with Crippen molar-refractivity contribution in [3.63, 3.8) is 0 Å². The first-order chi connectivity index (χ1) is 15.4. The molecule has 0 atom stereocenters. The van der Waals surface area contributed by atoms with Gasteiger partial charge in [0, 0.05) is 44.0 Å². The van der Waals surface area contributed by atoms with E-state index in [4.69, 9.17) is 0 Å². The summed E-state index contributed by atoms with van der Waals surface area (Å²) in [7, 11) is 0. The number of halogens is 3. The van der Waals surface area contributed by atoms with Crippen molar-refractivity contribution in [1.29, 1.82) is 0 Å². The van der Waals surface area contributed by atoms with Crippen molar-refractivity contribution in [2.24, 2.45) is 0 Å². The third kappa shape index (κ3) is 7.50. The average Bonchev–Trinajstić information content (AvgIpc) is 2.80. The maximum absolute atomic E-state index is 12.7. The molecule has 5 nitrogen and oxygen atoms in total. The molecule has 170 valence electrons. The van der Waals surface area contributed by atoms with Crippen molar-refractivity contribution in [1.82, 2.24) is 15.5 Å². The summed E-state index contributed by atoms with van der Waals surface area (Å²) in [6.45, 7) is 5.48. The Balaban J connectivity index is 1.28. The molecule has 32 heavy (non-hydrogen) atoms. The van der Waals surface area contributed by atoms with Crippen LogP contribution in [0.15, 0.2) is 54.6 Å². The Morgan fingerprint density at radius 1 is 0.969 bits per heavy atom. The zero-order valence-electron chi connectivity index (χ0n) is 17.8. The van der Waals surface area contributed by atoms with Crippen LogP contribution in [0.4, 0.5) is 23.7 Å². The van der Waals surface area contributed by atoms with Crippen LogP contribution in [0.2, 0.25) is 0 Å². The summed E-state index contributed by atoms with van der Waals surface area (Å²) < 4.78 is 38.1. The molecular weight excluding hydrogens is 417 g/mol. The first kappa shape index (κ1) is 23.5. The molecule has 2 N–H and O–H groups in total. The van der Waals surface area contributed by atoms with Gasteiger partial charge in [0.2, 0.25) is 0 Å². The van der Waals surface area contributed by atoms with Gasteiger partial charge in [-0.05, 0) is 43.3 Å². The van der Waals surface area contributed by atoms with E-state index in [9.17, 15) is 18.0 Å². The molecule has 2 aromatic carbocycles. The maximum Gasteiger partial charge on any atom is 0.416 e. The molecule has 1 aliphatic heterocycles. The van der Waals surface area contributed by atoms with Gasteiger partial charge >= 0.3 is 12.2 Å². The molecule has 8 heteroatoms. The van der Waals surface area contributed by atoms with Gasteiger partial charge < -0.3 is 15.5 Å². The van der Waals surface area contributed by atoms with Crippen LogP contribution in [-0.4, -0.2) is 56.7 Å². The Labute approximate surface area is 186 Å². The highest BCUT2D eigenvalue weighted by Crippen LogP contribution is 2.29. The first-order valence-corrected chi connectivity index (χ1v) is 10.6. The lowest BCUT2D eigenvalue weighted by Crippen LogP contribution is -2.47. The Hall–Kier alpha value is -3.18. The highest BCUT2D eigenvalue weighted by Gasteiger charge is 2.30. The summed E-state index contributed by atoms with van der Waals surface area (Å²) in [5.41, 5.74) is 0.771. The van der Waals surface area contributed by atoms with Crippen molar-refractivity contribution in [2.45, 2.75) is 12.6 Å². The topological polar surface area (TPSA) is 47.6 Å². The number of nitrogens with one attached hydrogen (secondary N) is 2. The summed E-state index contributed by atoms with van der Waals surface area (Å²) in [5.74, 6) is 5.30. The van der Waals surface area contributed by atoms with Crippen LogP contribution in [0.3, 0.4) is 0 Å².